The molecular weight excluding hydrogens is 234 g/mol. The molecule has 0 saturated carbocycles. The molecule has 0 aromatic carbocycles. The number of hydrogen-bond acceptors (Lipinski definition) is 4. The van der Waals surface area contributed by atoms with Crippen LogP contribution in [0.25, 0.3) is 0 Å². The first-order valence-corrected chi connectivity index (χ1v) is 7.04. The van der Waals surface area contributed by atoms with E-state index in [1.165, 1.54) is 17.8 Å². The summed E-state index contributed by atoms with van der Waals surface area (Å²) in [6, 6.07) is 1.18. The maximum Gasteiger partial charge on any atom is 0.304 e. The first kappa shape index (κ1) is 12.8. The van der Waals surface area contributed by atoms with E-state index in [-0.39, 0.29) is 4.87 Å². The Kier molecular flexibility index (Phi) is 4.01. The van der Waals surface area contributed by atoms with Gasteiger partial charge in [0, 0.05) is 36.2 Å². The van der Waals surface area contributed by atoms with Gasteiger partial charge in [0.2, 0.25) is 0 Å². The maximum atomic E-state index is 11.0. The van der Waals surface area contributed by atoms with Crippen LogP contribution in [0.15, 0.2) is 10.2 Å². The first-order chi connectivity index (χ1) is 8.06. The molecule has 3 atom stereocenters. The van der Waals surface area contributed by atoms with Crippen molar-refractivity contribution in [3.8, 4) is 0 Å². The van der Waals surface area contributed by atoms with E-state index in [2.05, 4.69) is 36.1 Å². The highest BCUT2D eigenvalue weighted by Crippen LogP contribution is 2.20. The Morgan fingerprint density at radius 2 is 2.35 bits per heavy atom. The fraction of sp³-hybridized carbons (Fsp3) is 0.750. The minimum absolute atomic E-state index is 0.0339. The maximum absolute atomic E-state index is 11.0. The normalized spacial score (nSPS) is 30.6. The second-order valence-electron chi connectivity index (χ2n) is 5.16. The number of aromatic amines is 1. The van der Waals surface area contributed by atoms with Gasteiger partial charge in [-0.2, -0.15) is 0 Å². The first-order valence-electron chi connectivity index (χ1n) is 6.16. The molecule has 0 aliphatic carbocycles. The number of likely N-dealkylation sites (tertiary alicyclic amines) is 1. The van der Waals surface area contributed by atoms with Crippen LogP contribution in [0.5, 0.6) is 0 Å². The van der Waals surface area contributed by atoms with Crippen molar-refractivity contribution in [3.05, 3.63) is 20.7 Å². The van der Waals surface area contributed by atoms with E-state index in [4.69, 9.17) is 0 Å². The van der Waals surface area contributed by atoms with E-state index >= 15 is 0 Å². The fourth-order valence-electron chi connectivity index (χ4n) is 2.47. The lowest BCUT2D eigenvalue weighted by atomic mass is 9.90. The van der Waals surface area contributed by atoms with Crippen molar-refractivity contribution in [1.29, 1.82) is 0 Å². The number of aromatic nitrogens is 1. The summed E-state index contributed by atoms with van der Waals surface area (Å²) in [5.74, 6) is 0.654. The standard InChI is InChI=1S/C12H21N3OS/c1-8-6-15(3)9(2)4-11(8)13-5-10-7-17-12(16)14-10/h7-9,11,13H,4-6H2,1-3H3,(H,14,16). The second kappa shape index (κ2) is 5.33. The minimum Gasteiger partial charge on any atom is -0.315 e. The van der Waals surface area contributed by atoms with Crippen molar-refractivity contribution in [2.75, 3.05) is 13.6 Å². The molecule has 1 aromatic heterocycles. The molecule has 1 aromatic rings. The van der Waals surface area contributed by atoms with Gasteiger partial charge in [-0.3, -0.25) is 4.79 Å². The Labute approximate surface area is 106 Å². The third kappa shape index (κ3) is 3.18. The van der Waals surface area contributed by atoms with Gasteiger partial charge < -0.3 is 15.2 Å². The quantitative estimate of drug-likeness (QED) is 0.855. The molecule has 1 aliphatic heterocycles. The lowest BCUT2D eigenvalue weighted by Gasteiger charge is -2.40. The van der Waals surface area contributed by atoms with Crippen LogP contribution >= 0.6 is 11.3 Å². The van der Waals surface area contributed by atoms with Gasteiger partial charge in [-0.15, -0.1) is 0 Å². The average molecular weight is 255 g/mol. The summed E-state index contributed by atoms with van der Waals surface area (Å²) in [7, 11) is 2.19. The van der Waals surface area contributed by atoms with Crippen molar-refractivity contribution in [2.45, 2.75) is 38.9 Å². The van der Waals surface area contributed by atoms with E-state index in [0.717, 1.165) is 18.8 Å². The van der Waals surface area contributed by atoms with Gasteiger partial charge in [0.1, 0.15) is 0 Å². The topological polar surface area (TPSA) is 48.1 Å². The van der Waals surface area contributed by atoms with Crippen LogP contribution in [0.1, 0.15) is 26.0 Å². The highest BCUT2D eigenvalue weighted by atomic mass is 32.1. The van der Waals surface area contributed by atoms with Gasteiger partial charge in [-0.1, -0.05) is 18.3 Å². The SMILES string of the molecule is CC1CN(C)C(C)CC1NCc1csc(=O)[nH]1. The lowest BCUT2D eigenvalue weighted by Crippen LogP contribution is -2.50. The van der Waals surface area contributed by atoms with Crippen LogP contribution in [0, 0.1) is 5.92 Å². The summed E-state index contributed by atoms with van der Waals surface area (Å²) in [4.78, 5) is 16.3. The molecule has 3 unspecified atom stereocenters. The van der Waals surface area contributed by atoms with Crippen molar-refractivity contribution in [3.63, 3.8) is 0 Å². The van der Waals surface area contributed by atoms with Crippen LogP contribution in [-0.4, -0.2) is 35.6 Å². The molecule has 1 saturated heterocycles. The Hall–Kier alpha value is -0.650. The van der Waals surface area contributed by atoms with Crippen LogP contribution in [0.4, 0.5) is 0 Å². The van der Waals surface area contributed by atoms with Gasteiger partial charge in [0.25, 0.3) is 0 Å². The molecule has 0 spiro atoms. The molecule has 2 rings (SSSR count). The fourth-order valence-corrected chi connectivity index (χ4v) is 3.05. The molecule has 4 nitrogen and oxygen atoms in total. The third-order valence-corrected chi connectivity index (χ3v) is 4.45. The van der Waals surface area contributed by atoms with Gasteiger partial charge >= 0.3 is 4.87 Å². The summed E-state index contributed by atoms with van der Waals surface area (Å²) in [5, 5.41) is 5.46. The number of thiazole rings is 1. The third-order valence-electron chi connectivity index (χ3n) is 3.74. The average Bonchev–Trinajstić information content (AvgIpc) is 2.68. The summed E-state index contributed by atoms with van der Waals surface area (Å²) < 4.78 is 0. The number of H-pyrrole nitrogens is 1. The van der Waals surface area contributed by atoms with E-state index < -0.39 is 0 Å². The minimum atomic E-state index is 0.0339. The van der Waals surface area contributed by atoms with Crippen LogP contribution in [0.2, 0.25) is 0 Å². The number of piperidine rings is 1. The number of rotatable bonds is 3. The highest BCUT2D eigenvalue weighted by molar-refractivity contribution is 7.07. The molecule has 5 heteroatoms. The van der Waals surface area contributed by atoms with E-state index in [0.29, 0.717) is 18.0 Å². The van der Waals surface area contributed by atoms with Crippen molar-refractivity contribution < 1.29 is 0 Å². The number of nitrogens with one attached hydrogen (secondary N) is 2. The molecular formula is C12H21N3OS. The summed E-state index contributed by atoms with van der Waals surface area (Å²) in [6.45, 7) is 6.46. The van der Waals surface area contributed by atoms with Gasteiger partial charge in [-0.25, -0.2) is 0 Å². The monoisotopic (exact) mass is 255 g/mol. The largest absolute Gasteiger partial charge is 0.315 e. The van der Waals surface area contributed by atoms with E-state index in [1.54, 1.807) is 0 Å². The molecule has 96 valence electrons. The molecule has 2 N–H and O–H groups in total. The van der Waals surface area contributed by atoms with Crippen molar-refractivity contribution >= 4 is 11.3 Å². The highest BCUT2D eigenvalue weighted by Gasteiger charge is 2.28. The Bertz CT molecular complexity index is 414. The van der Waals surface area contributed by atoms with Crippen molar-refractivity contribution in [1.82, 2.24) is 15.2 Å². The number of nitrogens with zero attached hydrogens (tertiary/aromatic N) is 1. The predicted octanol–water partition coefficient (Wildman–Crippen LogP) is 1.25. The molecule has 1 fully saturated rings. The smallest absolute Gasteiger partial charge is 0.304 e. The second-order valence-corrected chi connectivity index (χ2v) is 6.00. The van der Waals surface area contributed by atoms with Gasteiger partial charge in [0.15, 0.2) is 0 Å². The van der Waals surface area contributed by atoms with Gasteiger partial charge in [-0.05, 0) is 26.3 Å². The number of hydrogen-bond donors (Lipinski definition) is 2. The van der Waals surface area contributed by atoms with Crippen molar-refractivity contribution in [2.24, 2.45) is 5.92 Å². The summed E-state index contributed by atoms with van der Waals surface area (Å²) >= 11 is 1.23. The predicted molar refractivity (Wildman–Crippen MR) is 71.4 cm³/mol. The molecule has 0 amide bonds. The Balaban J connectivity index is 1.88. The molecule has 17 heavy (non-hydrogen) atoms. The zero-order chi connectivity index (χ0) is 12.4. The molecule has 2 heterocycles. The Morgan fingerprint density at radius 1 is 1.59 bits per heavy atom. The molecule has 1 aliphatic rings. The van der Waals surface area contributed by atoms with Crippen LogP contribution < -0.4 is 10.2 Å². The van der Waals surface area contributed by atoms with Crippen LogP contribution in [-0.2, 0) is 6.54 Å². The lowest BCUT2D eigenvalue weighted by molar-refractivity contribution is 0.121. The summed E-state index contributed by atoms with van der Waals surface area (Å²) in [6.07, 6.45) is 1.17. The van der Waals surface area contributed by atoms with E-state index in [1.807, 2.05) is 5.38 Å². The van der Waals surface area contributed by atoms with Gasteiger partial charge in [0.05, 0.1) is 0 Å². The van der Waals surface area contributed by atoms with Crippen LogP contribution in [0.3, 0.4) is 0 Å². The van der Waals surface area contributed by atoms with E-state index in [9.17, 15) is 4.79 Å². The zero-order valence-corrected chi connectivity index (χ0v) is 11.5. The molecule has 0 radical (unpaired) electrons. The zero-order valence-electron chi connectivity index (χ0n) is 10.7. The summed E-state index contributed by atoms with van der Waals surface area (Å²) in [5.41, 5.74) is 0.999. The Morgan fingerprint density at radius 3 is 3.00 bits per heavy atom. The molecule has 0 bridgehead atoms.